The molecule has 2 N–H and O–H groups in total. The van der Waals surface area contributed by atoms with Gasteiger partial charge in [0.1, 0.15) is 12.8 Å². The summed E-state index contributed by atoms with van der Waals surface area (Å²) in [7, 11) is -3.64. The maximum absolute atomic E-state index is 13.2. The van der Waals surface area contributed by atoms with E-state index in [1.165, 1.54) is 0 Å². The molecule has 0 aromatic heterocycles. The average molecular weight is 422 g/mol. The SMILES string of the molecule is Cc1ccc(S(=O)(=O)[C@H]2CC(C(O)N3CCOCC3)[C@H](C(=O)NCC#N)C2)cc1. The molecular weight excluding hydrogens is 394 g/mol. The number of rotatable bonds is 6. The van der Waals surface area contributed by atoms with E-state index >= 15 is 0 Å². The molecule has 1 aliphatic carbocycles. The molecule has 1 saturated carbocycles. The summed E-state index contributed by atoms with van der Waals surface area (Å²) in [6.07, 6.45) is -0.617. The molecule has 0 bridgehead atoms. The summed E-state index contributed by atoms with van der Waals surface area (Å²) < 4.78 is 31.7. The van der Waals surface area contributed by atoms with Crippen LogP contribution in [0.2, 0.25) is 0 Å². The second-order valence-electron chi connectivity index (χ2n) is 7.66. The number of hydrogen-bond donors (Lipinski definition) is 2. The third-order valence-electron chi connectivity index (χ3n) is 5.84. The zero-order valence-corrected chi connectivity index (χ0v) is 17.3. The fourth-order valence-corrected chi connectivity index (χ4v) is 6.03. The number of ether oxygens (including phenoxy) is 1. The normalized spacial score (nSPS) is 26.6. The molecule has 4 atom stereocenters. The van der Waals surface area contributed by atoms with Crippen molar-refractivity contribution in [2.24, 2.45) is 11.8 Å². The van der Waals surface area contributed by atoms with Gasteiger partial charge in [0.2, 0.25) is 5.91 Å². The van der Waals surface area contributed by atoms with E-state index in [-0.39, 0.29) is 30.2 Å². The zero-order valence-electron chi connectivity index (χ0n) is 16.5. The van der Waals surface area contributed by atoms with Gasteiger partial charge in [-0.15, -0.1) is 0 Å². The third-order valence-corrected chi connectivity index (χ3v) is 8.03. The van der Waals surface area contributed by atoms with Crippen LogP contribution in [0.4, 0.5) is 0 Å². The van der Waals surface area contributed by atoms with Crippen LogP contribution in [0.3, 0.4) is 0 Å². The first kappa shape index (κ1) is 21.7. The highest BCUT2D eigenvalue weighted by atomic mass is 32.2. The predicted octanol–water partition coefficient (Wildman–Crippen LogP) is 0.454. The molecule has 3 rings (SSSR count). The van der Waals surface area contributed by atoms with E-state index < -0.39 is 33.2 Å². The second-order valence-corrected chi connectivity index (χ2v) is 9.89. The maximum atomic E-state index is 13.2. The van der Waals surface area contributed by atoms with Crippen LogP contribution in [0.25, 0.3) is 0 Å². The number of hydrogen-bond acceptors (Lipinski definition) is 7. The molecule has 2 aliphatic rings. The number of aliphatic hydroxyl groups is 1. The lowest BCUT2D eigenvalue weighted by Crippen LogP contribution is -2.49. The van der Waals surface area contributed by atoms with Gasteiger partial charge < -0.3 is 15.2 Å². The Morgan fingerprint density at radius 1 is 1.31 bits per heavy atom. The van der Waals surface area contributed by atoms with Gasteiger partial charge >= 0.3 is 0 Å². The van der Waals surface area contributed by atoms with Crippen LogP contribution in [0.15, 0.2) is 29.2 Å². The van der Waals surface area contributed by atoms with Crippen LogP contribution >= 0.6 is 0 Å². The number of sulfone groups is 1. The molecule has 158 valence electrons. The van der Waals surface area contributed by atoms with Gasteiger partial charge in [-0.3, -0.25) is 9.69 Å². The first-order valence-corrected chi connectivity index (χ1v) is 11.3. The van der Waals surface area contributed by atoms with E-state index in [0.717, 1.165) is 5.56 Å². The largest absolute Gasteiger partial charge is 0.379 e. The molecule has 9 heteroatoms. The highest BCUT2D eigenvalue weighted by Gasteiger charge is 2.48. The smallest absolute Gasteiger partial charge is 0.224 e. The van der Waals surface area contributed by atoms with E-state index in [4.69, 9.17) is 10.00 Å². The van der Waals surface area contributed by atoms with E-state index in [0.29, 0.717) is 26.3 Å². The molecule has 1 aliphatic heterocycles. The van der Waals surface area contributed by atoms with Gasteiger partial charge in [-0.25, -0.2) is 8.42 Å². The molecule has 29 heavy (non-hydrogen) atoms. The minimum absolute atomic E-state index is 0.125. The Hall–Kier alpha value is -1.99. The summed E-state index contributed by atoms with van der Waals surface area (Å²) in [5, 5.41) is 21.5. The second kappa shape index (κ2) is 9.22. The van der Waals surface area contributed by atoms with Crippen molar-refractivity contribution in [2.45, 2.75) is 36.1 Å². The molecule has 2 unspecified atom stereocenters. The number of amides is 1. The Balaban J connectivity index is 1.84. The number of carbonyl (C=O) groups is 1. The van der Waals surface area contributed by atoms with Gasteiger partial charge in [0, 0.05) is 24.9 Å². The van der Waals surface area contributed by atoms with Crippen LogP contribution in [-0.4, -0.2) is 68.7 Å². The minimum Gasteiger partial charge on any atom is -0.379 e. The first-order chi connectivity index (χ1) is 13.8. The summed E-state index contributed by atoms with van der Waals surface area (Å²) in [5.74, 6) is -1.59. The molecule has 1 amide bonds. The van der Waals surface area contributed by atoms with Gasteiger partial charge in [-0.05, 0) is 31.9 Å². The van der Waals surface area contributed by atoms with Crippen molar-refractivity contribution in [2.75, 3.05) is 32.8 Å². The number of benzene rings is 1. The van der Waals surface area contributed by atoms with E-state index in [9.17, 15) is 18.3 Å². The lowest BCUT2D eigenvalue weighted by Gasteiger charge is -2.36. The quantitative estimate of drug-likeness (QED) is 0.640. The van der Waals surface area contributed by atoms with Crippen molar-refractivity contribution in [1.29, 1.82) is 5.26 Å². The lowest BCUT2D eigenvalue weighted by molar-refractivity contribution is -0.133. The van der Waals surface area contributed by atoms with Crippen molar-refractivity contribution >= 4 is 15.7 Å². The lowest BCUT2D eigenvalue weighted by atomic mass is 9.92. The van der Waals surface area contributed by atoms with Crippen molar-refractivity contribution in [3.05, 3.63) is 29.8 Å². The molecule has 0 radical (unpaired) electrons. The van der Waals surface area contributed by atoms with Crippen molar-refractivity contribution < 1.29 is 23.1 Å². The number of nitrogens with zero attached hydrogens (tertiary/aromatic N) is 2. The molecule has 8 nitrogen and oxygen atoms in total. The summed E-state index contributed by atoms with van der Waals surface area (Å²) in [6.45, 7) is 3.76. The van der Waals surface area contributed by atoms with Crippen molar-refractivity contribution in [1.82, 2.24) is 10.2 Å². The third kappa shape index (κ3) is 4.78. The van der Waals surface area contributed by atoms with Crippen LogP contribution in [-0.2, 0) is 19.4 Å². The Morgan fingerprint density at radius 3 is 2.59 bits per heavy atom. The highest BCUT2D eigenvalue weighted by molar-refractivity contribution is 7.92. The van der Waals surface area contributed by atoms with Crippen LogP contribution in [0.1, 0.15) is 18.4 Å². The molecule has 1 saturated heterocycles. The number of carbonyl (C=O) groups excluding carboxylic acids is 1. The average Bonchev–Trinajstić information content (AvgIpc) is 3.19. The van der Waals surface area contributed by atoms with Crippen LogP contribution in [0, 0.1) is 30.1 Å². The van der Waals surface area contributed by atoms with E-state index in [1.54, 1.807) is 24.3 Å². The Bertz CT molecular complexity index is 859. The predicted molar refractivity (Wildman–Crippen MR) is 105 cm³/mol. The molecular formula is C20H27N3O5S. The summed E-state index contributed by atoms with van der Waals surface area (Å²) >= 11 is 0. The highest BCUT2D eigenvalue weighted by Crippen LogP contribution is 2.41. The topological polar surface area (TPSA) is 120 Å². The Morgan fingerprint density at radius 2 is 1.97 bits per heavy atom. The van der Waals surface area contributed by atoms with E-state index in [1.807, 2.05) is 17.9 Å². The van der Waals surface area contributed by atoms with Gasteiger partial charge in [-0.1, -0.05) is 17.7 Å². The Kier molecular flexibility index (Phi) is 6.90. The minimum atomic E-state index is -3.64. The van der Waals surface area contributed by atoms with Crippen molar-refractivity contribution in [3.8, 4) is 6.07 Å². The first-order valence-electron chi connectivity index (χ1n) is 9.79. The van der Waals surface area contributed by atoms with Gasteiger partial charge in [0.25, 0.3) is 0 Å². The standard InChI is InChI=1S/C20H27N3O5S/c1-14-2-4-15(5-3-14)29(26,27)16-12-17(19(24)22-7-6-21)18(13-16)20(25)23-8-10-28-11-9-23/h2-5,16-18,20,25H,7-13H2,1H3,(H,22,24)/t16-,17-,18?,20?/m1/s1. The number of nitriles is 1. The van der Waals surface area contributed by atoms with Crippen molar-refractivity contribution in [3.63, 3.8) is 0 Å². The molecule has 2 fully saturated rings. The maximum Gasteiger partial charge on any atom is 0.224 e. The molecule has 1 aromatic carbocycles. The summed E-state index contributed by atoms with van der Waals surface area (Å²) in [6, 6.07) is 8.53. The van der Waals surface area contributed by atoms with Gasteiger partial charge in [-0.2, -0.15) is 5.26 Å². The number of aliphatic hydroxyl groups excluding tert-OH is 1. The molecule has 0 spiro atoms. The number of aryl methyl sites for hydroxylation is 1. The fourth-order valence-electron chi connectivity index (χ4n) is 4.20. The van der Waals surface area contributed by atoms with Crippen LogP contribution < -0.4 is 5.32 Å². The van der Waals surface area contributed by atoms with Crippen LogP contribution in [0.5, 0.6) is 0 Å². The van der Waals surface area contributed by atoms with Gasteiger partial charge in [0.15, 0.2) is 9.84 Å². The zero-order chi connectivity index (χ0) is 21.0. The number of nitrogens with one attached hydrogen (secondary N) is 1. The summed E-state index contributed by atoms with van der Waals surface area (Å²) in [4.78, 5) is 14.7. The molecule has 1 heterocycles. The number of morpholine rings is 1. The Labute approximate surface area is 171 Å². The van der Waals surface area contributed by atoms with E-state index in [2.05, 4.69) is 5.32 Å². The summed E-state index contributed by atoms with van der Waals surface area (Å²) in [5.41, 5.74) is 0.963. The van der Waals surface area contributed by atoms with Gasteiger partial charge in [0.05, 0.1) is 29.4 Å². The monoisotopic (exact) mass is 421 g/mol. The molecule has 1 aromatic rings. The fraction of sp³-hybridized carbons (Fsp3) is 0.600.